The second kappa shape index (κ2) is 8.36. The first kappa shape index (κ1) is 22.8. The Hall–Kier alpha value is -2.83. The number of nitrogens with one attached hydrogen (secondary N) is 1. The summed E-state index contributed by atoms with van der Waals surface area (Å²) in [4.78, 5) is 25.0. The Kier molecular flexibility index (Phi) is 6.16. The van der Waals surface area contributed by atoms with Crippen LogP contribution in [0.15, 0.2) is 29.5 Å². The van der Waals surface area contributed by atoms with Crippen molar-refractivity contribution in [2.24, 2.45) is 5.92 Å². The van der Waals surface area contributed by atoms with E-state index in [0.717, 1.165) is 30.8 Å². The highest BCUT2D eigenvalue weighted by Gasteiger charge is 2.42. The van der Waals surface area contributed by atoms with Crippen LogP contribution in [0.1, 0.15) is 24.2 Å². The quantitative estimate of drug-likeness (QED) is 0.686. The largest absolute Gasteiger partial charge is 0.477 e. The first-order valence-corrected chi connectivity index (χ1v) is 9.26. The van der Waals surface area contributed by atoms with Gasteiger partial charge in [0.25, 0.3) is 0 Å². The smallest absolute Gasteiger partial charge is 0.435 e. The number of allylic oxidation sites excluding steroid dienone is 2. The molecule has 1 amide bonds. The van der Waals surface area contributed by atoms with Crippen molar-refractivity contribution in [3.63, 3.8) is 0 Å². The molecule has 0 saturated carbocycles. The molecule has 0 unspecified atom stereocenters. The van der Waals surface area contributed by atoms with Crippen molar-refractivity contribution in [3.8, 4) is 0 Å². The highest BCUT2D eigenvalue weighted by Crippen LogP contribution is 2.35. The molecule has 2 aliphatic heterocycles. The molecule has 1 fully saturated rings. The van der Waals surface area contributed by atoms with Crippen LogP contribution < -0.4 is 5.32 Å². The lowest BCUT2D eigenvalue weighted by Gasteiger charge is -2.30. The molecule has 0 radical (unpaired) electrons. The molecule has 1 saturated heterocycles. The molecule has 2 aliphatic rings. The third-order valence-corrected chi connectivity index (χ3v) is 5.08. The van der Waals surface area contributed by atoms with E-state index in [-0.39, 0.29) is 23.2 Å². The van der Waals surface area contributed by atoms with Gasteiger partial charge in [0.1, 0.15) is 17.9 Å². The van der Waals surface area contributed by atoms with E-state index in [9.17, 15) is 41.0 Å². The zero-order chi connectivity index (χ0) is 23.0. The van der Waals surface area contributed by atoms with Crippen LogP contribution >= 0.6 is 0 Å². The maximum absolute atomic E-state index is 13.1. The van der Waals surface area contributed by atoms with Gasteiger partial charge in [0.05, 0.1) is 0 Å². The van der Waals surface area contributed by atoms with Crippen LogP contribution in [0, 0.1) is 5.92 Å². The van der Waals surface area contributed by atoms with Gasteiger partial charge in [-0.25, -0.2) is 4.79 Å². The van der Waals surface area contributed by atoms with E-state index < -0.39 is 47.9 Å². The van der Waals surface area contributed by atoms with Crippen molar-refractivity contribution in [1.29, 1.82) is 0 Å². The molecular formula is C18H18F6N4O3. The van der Waals surface area contributed by atoms with Gasteiger partial charge in [-0.2, -0.15) is 31.4 Å². The average molecular weight is 452 g/mol. The van der Waals surface area contributed by atoms with Gasteiger partial charge < -0.3 is 15.3 Å². The van der Waals surface area contributed by atoms with Crippen LogP contribution in [0.2, 0.25) is 0 Å². The summed E-state index contributed by atoms with van der Waals surface area (Å²) in [5.41, 5.74) is -3.29. The Morgan fingerprint density at radius 2 is 1.77 bits per heavy atom. The Bertz CT molecular complexity index is 926. The molecule has 0 atom stereocenters. The number of nitrogens with zero attached hydrogens (tertiary/aromatic N) is 3. The standard InChI is InChI=1S/C18H18F6N4O3/c19-17(20,21)13-8-14(18(22,23)24)28(26-13)9-15(29)27-6-3-11(7-12(27)16(30)31)10-1-4-25-5-2-10/h3,7-8,10,25H,1-2,4-6,9H2,(H,30,31). The van der Waals surface area contributed by atoms with Crippen molar-refractivity contribution in [2.45, 2.75) is 31.7 Å². The van der Waals surface area contributed by atoms with E-state index in [1.807, 2.05) is 0 Å². The van der Waals surface area contributed by atoms with Crippen molar-refractivity contribution >= 4 is 11.9 Å². The highest BCUT2D eigenvalue weighted by molar-refractivity contribution is 5.93. The highest BCUT2D eigenvalue weighted by atomic mass is 19.4. The SMILES string of the molecule is O=C(O)C1=CC(C2CCNCC2)=CCN1C(=O)Cn1nc(C(F)(F)F)cc1C(F)(F)F. The molecule has 31 heavy (non-hydrogen) atoms. The number of halogens is 6. The van der Waals surface area contributed by atoms with Crippen molar-refractivity contribution < 1.29 is 41.0 Å². The second-order valence-corrected chi connectivity index (χ2v) is 7.14. The van der Waals surface area contributed by atoms with Crippen LogP contribution in [0.4, 0.5) is 26.3 Å². The Labute approximate surface area is 172 Å². The monoisotopic (exact) mass is 452 g/mol. The maximum Gasteiger partial charge on any atom is 0.435 e. The zero-order valence-corrected chi connectivity index (χ0v) is 15.9. The number of piperidine rings is 1. The van der Waals surface area contributed by atoms with E-state index >= 15 is 0 Å². The van der Waals surface area contributed by atoms with Crippen LogP contribution in [0.5, 0.6) is 0 Å². The van der Waals surface area contributed by atoms with Gasteiger partial charge in [-0.3, -0.25) is 9.48 Å². The normalized spacial score (nSPS) is 18.6. The number of carbonyl (C=O) groups is 2. The lowest BCUT2D eigenvalue weighted by Crippen LogP contribution is -2.39. The average Bonchev–Trinajstić information content (AvgIpc) is 3.13. The fraction of sp³-hybridized carbons (Fsp3) is 0.500. The molecule has 0 bridgehead atoms. The summed E-state index contributed by atoms with van der Waals surface area (Å²) in [7, 11) is 0. The minimum atomic E-state index is -5.19. The molecule has 13 heteroatoms. The van der Waals surface area contributed by atoms with Crippen molar-refractivity contribution in [2.75, 3.05) is 19.6 Å². The van der Waals surface area contributed by atoms with Crippen LogP contribution in [0.3, 0.4) is 0 Å². The summed E-state index contributed by atoms with van der Waals surface area (Å²) in [6.45, 7) is 0.0565. The van der Waals surface area contributed by atoms with Gasteiger partial charge in [-0.15, -0.1) is 0 Å². The van der Waals surface area contributed by atoms with E-state index in [0.29, 0.717) is 5.57 Å². The molecular weight excluding hydrogens is 434 g/mol. The summed E-state index contributed by atoms with van der Waals surface area (Å²) in [5, 5.41) is 15.5. The number of carbonyl (C=O) groups excluding carboxylic acids is 1. The van der Waals surface area contributed by atoms with Gasteiger partial charge in [-0.05, 0) is 43.5 Å². The zero-order valence-electron chi connectivity index (χ0n) is 15.9. The molecule has 170 valence electrons. The Morgan fingerprint density at radius 1 is 1.13 bits per heavy atom. The number of carboxylic acid groups (broad SMARTS) is 1. The summed E-state index contributed by atoms with van der Waals surface area (Å²) < 4.78 is 77.7. The number of amides is 1. The summed E-state index contributed by atoms with van der Waals surface area (Å²) in [6.07, 6.45) is -5.93. The predicted octanol–water partition coefficient (Wildman–Crippen LogP) is 2.66. The third kappa shape index (κ3) is 5.09. The minimum absolute atomic E-state index is 0.0742. The number of hydrogen-bond acceptors (Lipinski definition) is 4. The van der Waals surface area contributed by atoms with Crippen molar-refractivity contribution in [3.05, 3.63) is 40.9 Å². The fourth-order valence-electron chi connectivity index (χ4n) is 3.56. The van der Waals surface area contributed by atoms with Gasteiger partial charge in [0, 0.05) is 12.6 Å². The molecule has 0 spiro atoms. The number of hydrogen-bond donors (Lipinski definition) is 2. The first-order valence-electron chi connectivity index (χ1n) is 9.26. The van der Waals surface area contributed by atoms with E-state index in [2.05, 4.69) is 10.4 Å². The molecule has 3 heterocycles. The molecule has 1 aromatic heterocycles. The van der Waals surface area contributed by atoms with E-state index in [1.54, 1.807) is 6.08 Å². The Morgan fingerprint density at radius 3 is 2.32 bits per heavy atom. The number of aromatic nitrogens is 2. The van der Waals surface area contributed by atoms with Gasteiger partial charge in [-0.1, -0.05) is 6.08 Å². The van der Waals surface area contributed by atoms with E-state index in [1.165, 1.54) is 6.08 Å². The van der Waals surface area contributed by atoms with Crippen LogP contribution in [-0.4, -0.2) is 51.3 Å². The number of alkyl halides is 6. The molecule has 2 N–H and O–H groups in total. The van der Waals surface area contributed by atoms with Crippen molar-refractivity contribution in [1.82, 2.24) is 20.0 Å². The first-order chi connectivity index (χ1) is 14.4. The van der Waals surface area contributed by atoms with Gasteiger partial charge >= 0.3 is 18.3 Å². The van der Waals surface area contributed by atoms with Crippen LogP contribution in [0.25, 0.3) is 0 Å². The molecule has 1 aromatic rings. The summed E-state index contributed by atoms with van der Waals surface area (Å²) in [6, 6.07) is -0.188. The second-order valence-electron chi connectivity index (χ2n) is 7.14. The molecule has 7 nitrogen and oxygen atoms in total. The number of rotatable bonds is 4. The lowest BCUT2D eigenvalue weighted by atomic mass is 9.87. The summed E-state index contributed by atoms with van der Waals surface area (Å²) >= 11 is 0. The molecule has 0 aromatic carbocycles. The molecule has 0 aliphatic carbocycles. The van der Waals surface area contributed by atoms with Gasteiger partial charge in [0.15, 0.2) is 5.69 Å². The number of aliphatic carboxylic acids is 1. The van der Waals surface area contributed by atoms with Crippen LogP contribution in [-0.2, 0) is 28.5 Å². The predicted molar refractivity (Wildman–Crippen MR) is 93.3 cm³/mol. The third-order valence-electron chi connectivity index (χ3n) is 5.08. The maximum atomic E-state index is 13.1. The Balaban J connectivity index is 1.85. The van der Waals surface area contributed by atoms with Gasteiger partial charge in [0.2, 0.25) is 5.91 Å². The lowest BCUT2D eigenvalue weighted by molar-refractivity contribution is -0.146. The topological polar surface area (TPSA) is 87.5 Å². The van der Waals surface area contributed by atoms with E-state index in [4.69, 9.17) is 0 Å². The number of carboxylic acids is 1. The fourth-order valence-corrected chi connectivity index (χ4v) is 3.56. The minimum Gasteiger partial charge on any atom is -0.477 e. The molecule has 3 rings (SSSR count). The summed E-state index contributed by atoms with van der Waals surface area (Å²) in [5.74, 6) is -2.53.